The van der Waals surface area contributed by atoms with Crippen molar-refractivity contribution in [2.45, 2.75) is 20.3 Å². The molecular weight excluding hydrogens is 383 g/mol. The molecule has 2 amide bonds. The molecule has 0 aliphatic heterocycles. The monoisotopic (exact) mass is 400 g/mol. The lowest BCUT2D eigenvalue weighted by Crippen LogP contribution is -2.14. The average Bonchev–Trinajstić information content (AvgIpc) is 3.08. The smallest absolute Gasteiger partial charge is 0.259 e. The van der Waals surface area contributed by atoms with E-state index in [1.54, 1.807) is 35.0 Å². The Balaban J connectivity index is 1.84. The summed E-state index contributed by atoms with van der Waals surface area (Å²) in [6, 6.07) is 10.7. The first-order valence-electron chi connectivity index (χ1n) is 8.60. The minimum absolute atomic E-state index is 0.237. The van der Waals surface area contributed by atoms with E-state index in [9.17, 15) is 14.0 Å². The van der Waals surface area contributed by atoms with Crippen LogP contribution in [0.5, 0.6) is 0 Å². The zero-order valence-corrected chi connectivity index (χ0v) is 16.0. The van der Waals surface area contributed by atoms with Gasteiger partial charge >= 0.3 is 0 Å². The molecule has 3 aromatic rings. The molecule has 0 radical (unpaired) electrons. The summed E-state index contributed by atoms with van der Waals surface area (Å²) in [5.74, 6) is -0.917. The van der Waals surface area contributed by atoms with Gasteiger partial charge in [0.15, 0.2) is 0 Å². The fraction of sp³-hybridized carbons (Fsp3) is 0.150. The van der Waals surface area contributed by atoms with Crippen molar-refractivity contribution in [3.05, 3.63) is 70.8 Å². The SMILES string of the molecule is CCc1c(C(=O)Nc2ccc(NC(C)=O)c(Cl)c2)cnn1-c1ccc(F)cc1. The zero-order chi connectivity index (χ0) is 20.3. The number of carbonyl (C=O) groups excluding carboxylic acids is 2. The Morgan fingerprint density at radius 1 is 1.14 bits per heavy atom. The quantitative estimate of drug-likeness (QED) is 0.664. The predicted octanol–water partition coefficient (Wildman–Crippen LogP) is 4.44. The van der Waals surface area contributed by atoms with Crippen molar-refractivity contribution in [3.8, 4) is 5.69 Å². The topological polar surface area (TPSA) is 76.0 Å². The summed E-state index contributed by atoms with van der Waals surface area (Å²) in [6.45, 7) is 3.30. The Morgan fingerprint density at radius 3 is 2.46 bits per heavy atom. The largest absolute Gasteiger partial charge is 0.325 e. The number of carbonyl (C=O) groups is 2. The van der Waals surface area contributed by atoms with Crippen LogP contribution < -0.4 is 10.6 Å². The number of nitrogens with one attached hydrogen (secondary N) is 2. The van der Waals surface area contributed by atoms with Gasteiger partial charge in [0.25, 0.3) is 5.91 Å². The van der Waals surface area contributed by atoms with E-state index in [-0.39, 0.29) is 17.6 Å². The molecule has 6 nitrogen and oxygen atoms in total. The minimum Gasteiger partial charge on any atom is -0.325 e. The Morgan fingerprint density at radius 2 is 1.86 bits per heavy atom. The van der Waals surface area contributed by atoms with Gasteiger partial charge in [-0.3, -0.25) is 9.59 Å². The summed E-state index contributed by atoms with van der Waals surface area (Å²) in [5, 5.41) is 9.97. The molecule has 0 spiro atoms. The number of amides is 2. The Kier molecular flexibility index (Phi) is 5.75. The van der Waals surface area contributed by atoms with Crippen LogP contribution in [0, 0.1) is 5.82 Å². The maximum absolute atomic E-state index is 13.2. The van der Waals surface area contributed by atoms with Gasteiger partial charge in [-0.05, 0) is 48.9 Å². The van der Waals surface area contributed by atoms with Crippen LogP contribution in [0.2, 0.25) is 5.02 Å². The molecule has 2 N–H and O–H groups in total. The molecule has 0 unspecified atom stereocenters. The van der Waals surface area contributed by atoms with Crippen LogP contribution in [-0.4, -0.2) is 21.6 Å². The first-order valence-corrected chi connectivity index (χ1v) is 8.98. The van der Waals surface area contributed by atoms with Crippen molar-refractivity contribution in [2.24, 2.45) is 0 Å². The molecule has 8 heteroatoms. The third-order valence-corrected chi connectivity index (χ3v) is 4.37. The summed E-state index contributed by atoms with van der Waals surface area (Å²) in [5.41, 5.74) is 2.73. The van der Waals surface area contributed by atoms with Gasteiger partial charge in [0.2, 0.25) is 5.91 Å². The van der Waals surface area contributed by atoms with Crippen molar-refractivity contribution < 1.29 is 14.0 Å². The third kappa shape index (κ3) is 4.20. The summed E-state index contributed by atoms with van der Waals surface area (Å²) in [4.78, 5) is 23.9. The molecule has 0 fully saturated rings. The molecule has 1 aromatic heterocycles. The molecule has 3 rings (SSSR count). The van der Waals surface area contributed by atoms with Crippen LogP contribution >= 0.6 is 11.6 Å². The second kappa shape index (κ2) is 8.22. The maximum atomic E-state index is 13.2. The molecule has 0 atom stereocenters. The fourth-order valence-corrected chi connectivity index (χ4v) is 3.02. The van der Waals surface area contributed by atoms with Gasteiger partial charge in [0.05, 0.1) is 33.9 Å². The summed E-state index contributed by atoms with van der Waals surface area (Å²) < 4.78 is 14.8. The van der Waals surface area contributed by atoms with E-state index >= 15 is 0 Å². The minimum atomic E-state index is -0.341. The van der Waals surface area contributed by atoms with Crippen molar-refractivity contribution in [1.82, 2.24) is 9.78 Å². The second-order valence-electron chi connectivity index (χ2n) is 6.08. The lowest BCUT2D eigenvalue weighted by Gasteiger charge is -2.10. The van der Waals surface area contributed by atoms with Gasteiger partial charge in [-0.25, -0.2) is 9.07 Å². The fourth-order valence-electron chi connectivity index (χ4n) is 2.79. The van der Waals surface area contributed by atoms with Gasteiger partial charge in [-0.1, -0.05) is 18.5 Å². The Bertz CT molecular complexity index is 1030. The Labute approximate surface area is 166 Å². The normalized spacial score (nSPS) is 10.6. The molecule has 28 heavy (non-hydrogen) atoms. The van der Waals surface area contributed by atoms with Crippen LogP contribution in [0.3, 0.4) is 0 Å². The highest BCUT2D eigenvalue weighted by Gasteiger charge is 2.18. The highest BCUT2D eigenvalue weighted by Crippen LogP contribution is 2.26. The van der Waals surface area contributed by atoms with E-state index in [0.29, 0.717) is 39.8 Å². The highest BCUT2D eigenvalue weighted by molar-refractivity contribution is 6.34. The zero-order valence-electron chi connectivity index (χ0n) is 15.3. The molecule has 0 aliphatic rings. The standard InChI is InChI=1S/C20H18ClFN4O2/c1-3-19-16(11-23-26(19)15-7-4-13(22)5-8-15)20(28)25-14-6-9-18(17(21)10-14)24-12(2)27/h4-11H,3H2,1-2H3,(H,24,27)(H,25,28). The average molecular weight is 401 g/mol. The van der Waals surface area contributed by atoms with Crippen LogP contribution in [-0.2, 0) is 11.2 Å². The first-order chi connectivity index (χ1) is 13.4. The van der Waals surface area contributed by atoms with E-state index in [0.717, 1.165) is 0 Å². The Hall–Kier alpha value is -3.19. The second-order valence-corrected chi connectivity index (χ2v) is 6.48. The first kappa shape index (κ1) is 19.6. The number of rotatable bonds is 5. The maximum Gasteiger partial charge on any atom is 0.259 e. The number of hydrogen-bond donors (Lipinski definition) is 2. The van der Waals surface area contributed by atoms with E-state index < -0.39 is 0 Å². The molecular formula is C20H18ClFN4O2. The van der Waals surface area contributed by atoms with E-state index in [2.05, 4.69) is 15.7 Å². The van der Waals surface area contributed by atoms with Crippen molar-refractivity contribution >= 4 is 34.8 Å². The van der Waals surface area contributed by atoms with Crippen LogP contribution in [0.25, 0.3) is 5.69 Å². The molecule has 0 saturated carbocycles. The van der Waals surface area contributed by atoms with Crippen molar-refractivity contribution in [3.63, 3.8) is 0 Å². The summed E-state index contributed by atoms with van der Waals surface area (Å²) >= 11 is 6.15. The predicted molar refractivity (Wildman–Crippen MR) is 107 cm³/mol. The molecule has 0 saturated heterocycles. The van der Waals surface area contributed by atoms with Crippen LogP contribution in [0.15, 0.2) is 48.7 Å². The van der Waals surface area contributed by atoms with Gasteiger partial charge in [0, 0.05) is 12.6 Å². The van der Waals surface area contributed by atoms with E-state index in [4.69, 9.17) is 11.6 Å². The van der Waals surface area contributed by atoms with Gasteiger partial charge in [-0.2, -0.15) is 5.10 Å². The number of nitrogens with zero attached hydrogens (tertiary/aromatic N) is 2. The lowest BCUT2D eigenvalue weighted by atomic mass is 10.1. The van der Waals surface area contributed by atoms with Gasteiger partial charge in [0.1, 0.15) is 5.82 Å². The number of halogens is 2. The summed E-state index contributed by atoms with van der Waals surface area (Å²) in [6.07, 6.45) is 2.03. The number of hydrogen-bond acceptors (Lipinski definition) is 3. The number of aromatic nitrogens is 2. The van der Waals surface area contributed by atoms with Gasteiger partial charge < -0.3 is 10.6 Å². The van der Waals surface area contributed by atoms with Crippen molar-refractivity contribution in [1.29, 1.82) is 0 Å². The van der Waals surface area contributed by atoms with Crippen LogP contribution in [0.1, 0.15) is 29.9 Å². The third-order valence-electron chi connectivity index (χ3n) is 4.06. The molecule has 2 aromatic carbocycles. The molecule has 1 heterocycles. The van der Waals surface area contributed by atoms with Gasteiger partial charge in [-0.15, -0.1) is 0 Å². The van der Waals surface area contributed by atoms with Crippen LogP contribution in [0.4, 0.5) is 15.8 Å². The molecule has 0 bridgehead atoms. The van der Waals surface area contributed by atoms with Crippen molar-refractivity contribution in [2.75, 3.05) is 10.6 Å². The number of anilines is 2. The van der Waals surface area contributed by atoms with E-state index in [1.165, 1.54) is 25.3 Å². The lowest BCUT2D eigenvalue weighted by molar-refractivity contribution is -0.114. The summed E-state index contributed by atoms with van der Waals surface area (Å²) in [7, 11) is 0. The molecule has 0 aliphatic carbocycles. The number of benzene rings is 2. The van der Waals surface area contributed by atoms with E-state index in [1.807, 2.05) is 6.92 Å². The highest BCUT2D eigenvalue weighted by atomic mass is 35.5. The molecule has 144 valence electrons.